The van der Waals surface area contributed by atoms with Crippen molar-refractivity contribution < 1.29 is 39.3 Å². The highest BCUT2D eigenvalue weighted by Crippen LogP contribution is 2.03. The van der Waals surface area contributed by atoms with Crippen LogP contribution in [0.2, 0.25) is 0 Å². The predicted molar refractivity (Wildman–Crippen MR) is 111 cm³/mol. The number of aliphatic carboxylic acids is 2. The Morgan fingerprint density at radius 1 is 0.938 bits per heavy atom. The van der Waals surface area contributed by atoms with Crippen molar-refractivity contribution >= 4 is 35.6 Å². The van der Waals surface area contributed by atoms with Gasteiger partial charge in [-0.3, -0.25) is 29.0 Å². The van der Waals surface area contributed by atoms with Crippen LogP contribution in [0.25, 0.3) is 0 Å². The molecule has 0 aromatic heterocycles. The lowest BCUT2D eigenvalue weighted by Crippen LogP contribution is -2.59. The monoisotopic (exact) mass is 461 g/mol. The number of aliphatic imine (C=N–C) groups is 1. The van der Waals surface area contributed by atoms with Crippen LogP contribution in [0.4, 0.5) is 0 Å². The summed E-state index contributed by atoms with van der Waals surface area (Å²) in [5, 5.41) is 34.2. The van der Waals surface area contributed by atoms with Gasteiger partial charge in [0.15, 0.2) is 5.96 Å². The van der Waals surface area contributed by atoms with Crippen LogP contribution in [0.5, 0.6) is 0 Å². The molecule has 0 radical (unpaired) electrons. The molecule has 0 saturated heterocycles. The molecule has 182 valence electrons. The zero-order chi connectivity index (χ0) is 25.0. The summed E-state index contributed by atoms with van der Waals surface area (Å²) in [4.78, 5) is 62.6. The summed E-state index contributed by atoms with van der Waals surface area (Å²) >= 11 is 0. The lowest BCUT2D eigenvalue weighted by molar-refractivity contribution is -0.142. The van der Waals surface area contributed by atoms with E-state index in [4.69, 9.17) is 27.4 Å². The van der Waals surface area contributed by atoms with Crippen molar-refractivity contribution in [1.29, 1.82) is 0 Å². The van der Waals surface area contributed by atoms with Gasteiger partial charge < -0.3 is 48.5 Å². The highest BCUT2D eigenvalue weighted by Gasteiger charge is 2.32. The summed E-state index contributed by atoms with van der Waals surface area (Å²) in [7, 11) is 0. The molecule has 3 amide bonds. The molecule has 0 aliphatic carbocycles. The molecular weight excluding hydrogens is 430 g/mol. The van der Waals surface area contributed by atoms with Crippen LogP contribution in [0.3, 0.4) is 0 Å². The summed E-state index contributed by atoms with van der Waals surface area (Å²) in [5.41, 5.74) is 15.9. The number of rotatable bonds is 14. The Kier molecular flexibility index (Phi) is 12.3. The van der Waals surface area contributed by atoms with Crippen LogP contribution in [0.15, 0.2) is 4.99 Å². The molecule has 15 nitrogen and oxygen atoms in total. The fraction of sp³-hybridized carbons (Fsp3) is 0.647. The van der Waals surface area contributed by atoms with Gasteiger partial charge >= 0.3 is 11.9 Å². The number of amides is 3. The number of carbonyl (C=O) groups excluding carboxylic acids is 3. The number of nitrogens with two attached hydrogens (primary N) is 3. The van der Waals surface area contributed by atoms with Gasteiger partial charge in [0.05, 0.1) is 18.6 Å². The summed E-state index contributed by atoms with van der Waals surface area (Å²) in [6.45, 7) is 2.53. The number of hydrogen-bond acceptors (Lipinski definition) is 8. The van der Waals surface area contributed by atoms with Crippen molar-refractivity contribution in [3.63, 3.8) is 0 Å². The van der Waals surface area contributed by atoms with Gasteiger partial charge in [0.25, 0.3) is 0 Å². The number of carbonyl (C=O) groups is 5. The van der Waals surface area contributed by atoms with Gasteiger partial charge in [-0.05, 0) is 26.7 Å². The molecule has 5 unspecified atom stereocenters. The number of hydrogen-bond donors (Lipinski definition) is 9. The predicted octanol–water partition coefficient (Wildman–Crippen LogP) is -4.22. The molecule has 12 N–H and O–H groups in total. The van der Waals surface area contributed by atoms with Gasteiger partial charge in [0.2, 0.25) is 17.7 Å². The largest absolute Gasteiger partial charge is 0.481 e. The van der Waals surface area contributed by atoms with E-state index in [1.165, 1.54) is 13.8 Å². The molecule has 0 saturated carbocycles. The quantitative estimate of drug-likeness (QED) is 0.0679. The van der Waals surface area contributed by atoms with Crippen LogP contribution in [0.1, 0.15) is 33.1 Å². The molecule has 0 aromatic carbocycles. The van der Waals surface area contributed by atoms with Gasteiger partial charge in [0, 0.05) is 6.54 Å². The number of nitrogens with one attached hydrogen (secondary N) is 3. The average Bonchev–Trinajstić information content (AvgIpc) is 2.66. The lowest BCUT2D eigenvalue weighted by Gasteiger charge is -2.26. The Labute approximate surface area is 183 Å². The van der Waals surface area contributed by atoms with E-state index >= 15 is 0 Å². The molecule has 0 heterocycles. The minimum atomic E-state index is -1.56. The highest BCUT2D eigenvalue weighted by molar-refractivity contribution is 5.95. The summed E-state index contributed by atoms with van der Waals surface area (Å²) in [6, 6.07) is -5.53. The molecule has 0 aliphatic rings. The van der Waals surface area contributed by atoms with Crippen LogP contribution >= 0.6 is 0 Å². The van der Waals surface area contributed by atoms with Crippen LogP contribution in [-0.4, -0.2) is 87.8 Å². The van der Waals surface area contributed by atoms with Crippen LogP contribution in [-0.2, 0) is 24.0 Å². The molecule has 0 bridgehead atoms. The molecular formula is C17H31N7O8. The second-order valence-corrected chi connectivity index (χ2v) is 7.01. The van der Waals surface area contributed by atoms with Crippen molar-refractivity contribution in [2.45, 2.75) is 63.4 Å². The van der Waals surface area contributed by atoms with Crippen LogP contribution < -0.4 is 33.2 Å². The Hall–Kier alpha value is -3.46. The SMILES string of the molecule is CC(NC(=O)C(CCCN=C(N)N)NC(=O)C(NC(=O)C(N)CC(=O)O)C(C)O)C(=O)O. The van der Waals surface area contributed by atoms with E-state index in [1.807, 2.05) is 0 Å². The topological polar surface area (TPSA) is 273 Å². The third-order valence-electron chi connectivity index (χ3n) is 4.10. The van der Waals surface area contributed by atoms with Gasteiger partial charge in [-0.1, -0.05) is 0 Å². The number of aliphatic hydroxyl groups excluding tert-OH is 1. The van der Waals surface area contributed by atoms with Gasteiger partial charge in [-0.2, -0.15) is 0 Å². The first kappa shape index (κ1) is 28.5. The summed E-state index contributed by atoms with van der Waals surface area (Å²) in [5.74, 6) is -5.61. The maximum atomic E-state index is 12.6. The van der Waals surface area contributed by atoms with E-state index in [1.54, 1.807) is 0 Å². The van der Waals surface area contributed by atoms with Gasteiger partial charge in [-0.25, -0.2) is 0 Å². The Balaban J connectivity index is 5.37. The lowest BCUT2D eigenvalue weighted by atomic mass is 10.1. The maximum absolute atomic E-state index is 12.6. The highest BCUT2D eigenvalue weighted by atomic mass is 16.4. The third-order valence-corrected chi connectivity index (χ3v) is 4.10. The maximum Gasteiger partial charge on any atom is 0.325 e. The average molecular weight is 461 g/mol. The van der Waals surface area contributed by atoms with Crippen molar-refractivity contribution in [3.8, 4) is 0 Å². The van der Waals surface area contributed by atoms with Crippen molar-refractivity contribution in [2.24, 2.45) is 22.2 Å². The third kappa shape index (κ3) is 11.1. The first-order valence-corrected chi connectivity index (χ1v) is 9.61. The van der Waals surface area contributed by atoms with Crippen LogP contribution in [0, 0.1) is 0 Å². The Bertz CT molecular complexity index is 724. The fourth-order valence-electron chi connectivity index (χ4n) is 2.36. The number of carboxylic acids is 2. The number of guanidine groups is 1. The second-order valence-electron chi connectivity index (χ2n) is 7.01. The molecule has 0 spiro atoms. The Morgan fingerprint density at radius 3 is 2.00 bits per heavy atom. The molecule has 5 atom stereocenters. The summed E-state index contributed by atoms with van der Waals surface area (Å²) in [6.07, 6.45) is -1.91. The molecule has 0 aliphatic heterocycles. The number of carboxylic acid groups (broad SMARTS) is 2. The molecule has 0 aromatic rings. The molecule has 0 fully saturated rings. The van der Waals surface area contributed by atoms with Crippen molar-refractivity contribution in [2.75, 3.05) is 6.54 Å². The first-order chi connectivity index (χ1) is 14.8. The Morgan fingerprint density at radius 2 is 1.53 bits per heavy atom. The van der Waals surface area contributed by atoms with Gasteiger partial charge in [-0.15, -0.1) is 0 Å². The normalized spacial score (nSPS) is 15.2. The van der Waals surface area contributed by atoms with E-state index in [9.17, 15) is 29.1 Å². The van der Waals surface area contributed by atoms with Crippen molar-refractivity contribution in [3.05, 3.63) is 0 Å². The van der Waals surface area contributed by atoms with E-state index in [0.29, 0.717) is 0 Å². The van der Waals surface area contributed by atoms with Gasteiger partial charge in [0.1, 0.15) is 18.1 Å². The summed E-state index contributed by atoms with van der Waals surface area (Å²) < 4.78 is 0. The van der Waals surface area contributed by atoms with E-state index < -0.39 is 66.4 Å². The second kappa shape index (κ2) is 13.8. The standard InChI is InChI=1S/C17H31N7O8/c1-7(16(31)32)22-14(29)10(4-3-5-21-17(19)20)23-15(30)12(8(2)25)24-13(28)9(18)6-11(26)27/h7-10,12,25H,3-6,18H2,1-2H3,(H,22,29)(H,23,30)(H,24,28)(H,26,27)(H,31,32)(H4,19,20,21). The fourth-order valence-corrected chi connectivity index (χ4v) is 2.36. The van der Waals surface area contributed by atoms with E-state index in [-0.39, 0.29) is 25.3 Å². The number of nitrogens with zero attached hydrogens (tertiary/aromatic N) is 1. The van der Waals surface area contributed by atoms with E-state index in [0.717, 1.165) is 0 Å². The first-order valence-electron chi connectivity index (χ1n) is 9.61. The van der Waals surface area contributed by atoms with Crippen molar-refractivity contribution in [1.82, 2.24) is 16.0 Å². The smallest absolute Gasteiger partial charge is 0.325 e. The minimum absolute atomic E-state index is 0.000301. The number of aliphatic hydroxyl groups is 1. The molecule has 0 rings (SSSR count). The molecule has 32 heavy (non-hydrogen) atoms. The zero-order valence-electron chi connectivity index (χ0n) is 17.8. The minimum Gasteiger partial charge on any atom is -0.481 e. The van der Waals surface area contributed by atoms with E-state index in [2.05, 4.69) is 20.9 Å². The molecule has 15 heteroatoms. The zero-order valence-corrected chi connectivity index (χ0v) is 17.8.